The maximum absolute atomic E-state index is 12.5. The molecule has 3 heterocycles. The van der Waals surface area contributed by atoms with E-state index in [0.29, 0.717) is 17.3 Å². The molecule has 1 amide bonds. The standard InChI is InChI=1S/C17H17N7O2S/c1-2-26-12-3-11(4-12)24-8-14(13(5-18)23-24)21-16(25)15-9-27-17(22-15)10-6-19-20-7-10/h6-9,11-12H,2-4H2,1H3,(H,19,20)(H,21,25). The van der Waals surface area contributed by atoms with Crippen molar-refractivity contribution in [2.75, 3.05) is 11.9 Å². The summed E-state index contributed by atoms with van der Waals surface area (Å²) in [6, 6.07) is 2.22. The quantitative estimate of drug-likeness (QED) is 0.675. The Balaban J connectivity index is 1.46. The summed E-state index contributed by atoms with van der Waals surface area (Å²) in [6.07, 6.45) is 7.01. The van der Waals surface area contributed by atoms with Crippen LogP contribution in [0, 0.1) is 11.3 Å². The smallest absolute Gasteiger partial charge is 0.275 e. The van der Waals surface area contributed by atoms with Crippen LogP contribution in [0.2, 0.25) is 0 Å². The molecule has 2 N–H and O–H groups in total. The van der Waals surface area contributed by atoms with E-state index in [1.807, 2.05) is 13.0 Å². The fourth-order valence-corrected chi connectivity index (χ4v) is 3.72. The number of rotatable bonds is 6. The monoisotopic (exact) mass is 383 g/mol. The number of H-pyrrole nitrogens is 1. The highest BCUT2D eigenvalue weighted by Crippen LogP contribution is 2.35. The van der Waals surface area contributed by atoms with Crippen LogP contribution in [0.25, 0.3) is 10.6 Å². The molecule has 3 aromatic rings. The molecular weight excluding hydrogens is 366 g/mol. The van der Waals surface area contributed by atoms with Gasteiger partial charge in [-0.15, -0.1) is 11.3 Å². The Hall–Kier alpha value is -3.03. The maximum atomic E-state index is 12.5. The Morgan fingerprint density at radius 2 is 2.41 bits per heavy atom. The van der Waals surface area contributed by atoms with E-state index in [-0.39, 0.29) is 29.4 Å². The summed E-state index contributed by atoms with van der Waals surface area (Å²) in [4.78, 5) is 16.8. The van der Waals surface area contributed by atoms with Crippen LogP contribution in [0.4, 0.5) is 5.69 Å². The second kappa shape index (κ2) is 7.30. The molecule has 1 aliphatic rings. The molecule has 1 saturated carbocycles. The molecule has 3 aromatic heterocycles. The highest BCUT2D eigenvalue weighted by Gasteiger charge is 2.32. The molecule has 0 saturated heterocycles. The van der Waals surface area contributed by atoms with E-state index >= 15 is 0 Å². The lowest BCUT2D eigenvalue weighted by Gasteiger charge is -2.34. The Morgan fingerprint density at radius 3 is 3.11 bits per heavy atom. The first-order chi connectivity index (χ1) is 13.2. The second-order valence-corrected chi connectivity index (χ2v) is 7.02. The van der Waals surface area contributed by atoms with Gasteiger partial charge in [0.05, 0.1) is 30.2 Å². The lowest BCUT2D eigenvalue weighted by atomic mass is 9.89. The molecule has 0 radical (unpaired) electrons. The van der Waals surface area contributed by atoms with Gasteiger partial charge in [0.25, 0.3) is 5.91 Å². The van der Waals surface area contributed by atoms with Crippen molar-refractivity contribution in [1.29, 1.82) is 5.26 Å². The number of aromatic amines is 1. The molecule has 27 heavy (non-hydrogen) atoms. The molecule has 10 heteroatoms. The number of anilines is 1. The highest BCUT2D eigenvalue weighted by molar-refractivity contribution is 7.13. The Morgan fingerprint density at radius 1 is 1.56 bits per heavy atom. The van der Waals surface area contributed by atoms with Gasteiger partial charge in [0, 0.05) is 23.7 Å². The number of carbonyl (C=O) groups excluding carboxylic acids is 1. The van der Waals surface area contributed by atoms with E-state index in [1.54, 1.807) is 28.7 Å². The van der Waals surface area contributed by atoms with Crippen LogP contribution >= 0.6 is 11.3 Å². The zero-order chi connectivity index (χ0) is 18.8. The van der Waals surface area contributed by atoms with Gasteiger partial charge in [-0.3, -0.25) is 14.6 Å². The summed E-state index contributed by atoms with van der Waals surface area (Å²) in [5.74, 6) is -0.377. The summed E-state index contributed by atoms with van der Waals surface area (Å²) < 4.78 is 7.30. The van der Waals surface area contributed by atoms with E-state index in [1.165, 1.54) is 11.3 Å². The Labute approximate surface area is 159 Å². The van der Waals surface area contributed by atoms with Crippen LogP contribution < -0.4 is 5.32 Å². The van der Waals surface area contributed by atoms with Crippen LogP contribution in [0.3, 0.4) is 0 Å². The fourth-order valence-electron chi connectivity index (χ4n) is 2.94. The molecule has 1 fully saturated rings. The first-order valence-corrected chi connectivity index (χ1v) is 9.42. The number of hydrogen-bond donors (Lipinski definition) is 2. The molecule has 0 bridgehead atoms. The molecular formula is C17H17N7O2S. The van der Waals surface area contributed by atoms with Gasteiger partial charge in [-0.05, 0) is 19.8 Å². The SMILES string of the molecule is CCOC1CC(n2cc(NC(=O)c3csc(-c4cn[nH]c4)n3)c(C#N)n2)C1. The molecule has 1 aliphatic carbocycles. The topological polar surface area (TPSA) is 122 Å². The van der Waals surface area contributed by atoms with Gasteiger partial charge in [0.2, 0.25) is 0 Å². The minimum Gasteiger partial charge on any atom is -0.378 e. The predicted molar refractivity (Wildman–Crippen MR) is 98.3 cm³/mol. The minimum absolute atomic E-state index is 0.186. The number of nitrogens with zero attached hydrogens (tertiary/aromatic N) is 5. The van der Waals surface area contributed by atoms with Crippen LogP contribution in [0.5, 0.6) is 0 Å². The molecule has 9 nitrogen and oxygen atoms in total. The van der Waals surface area contributed by atoms with Crippen molar-refractivity contribution in [2.45, 2.75) is 31.9 Å². The van der Waals surface area contributed by atoms with Gasteiger partial charge in [0.15, 0.2) is 5.69 Å². The Bertz CT molecular complexity index is 980. The maximum Gasteiger partial charge on any atom is 0.275 e. The summed E-state index contributed by atoms with van der Waals surface area (Å²) >= 11 is 1.35. The number of carbonyl (C=O) groups is 1. The number of thiazole rings is 1. The molecule has 138 valence electrons. The summed E-state index contributed by atoms with van der Waals surface area (Å²) in [6.45, 7) is 2.66. The molecule has 0 spiro atoms. The van der Waals surface area contributed by atoms with Crippen LogP contribution in [-0.4, -0.2) is 43.6 Å². The molecule has 0 aliphatic heterocycles. The van der Waals surface area contributed by atoms with E-state index in [0.717, 1.165) is 18.4 Å². The first kappa shape index (κ1) is 17.4. The molecule has 4 rings (SSSR count). The van der Waals surface area contributed by atoms with Gasteiger partial charge in [-0.1, -0.05) is 0 Å². The van der Waals surface area contributed by atoms with Crippen molar-refractivity contribution < 1.29 is 9.53 Å². The largest absolute Gasteiger partial charge is 0.378 e. The highest BCUT2D eigenvalue weighted by atomic mass is 32.1. The van der Waals surface area contributed by atoms with Crippen LogP contribution in [0.15, 0.2) is 24.0 Å². The van der Waals surface area contributed by atoms with Gasteiger partial charge >= 0.3 is 0 Å². The van der Waals surface area contributed by atoms with Crippen LogP contribution in [-0.2, 0) is 4.74 Å². The number of nitriles is 1. The molecule has 0 unspecified atom stereocenters. The van der Waals surface area contributed by atoms with Gasteiger partial charge in [0.1, 0.15) is 16.8 Å². The van der Waals surface area contributed by atoms with Gasteiger partial charge in [-0.2, -0.15) is 15.5 Å². The average molecular weight is 383 g/mol. The van der Waals surface area contributed by atoms with Crippen molar-refractivity contribution in [3.63, 3.8) is 0 Å². The third kappa shape index (κ3) is 3.47. The van der Waals surface area contributed by atoms with Gasteiger partial charge < -0.3 is 10.1 Å². The number of hydrogen-bond acceptors (Lipinski definition) is 7. The number of amides is 1. The number of nitrogens with one attached hydrogen (secondary N) is 2. The lowest BCUT2D eigenvalue weighted by molar-refractivity contribution is -0.0227. The van der Waals surface area contributed by atoms with Crippen molar-refractivity contribution in [3.05, 3.63) is 35.4 Å². The van der Waals surface area contributed by atoms with E-state index in [2.05, 4.69) is 25.6 Å². The van der Waals surface area contributed by atoms with E-state index < -0.39 is 0 Å². The third-order valence-corrected chi connectivity index (χ3v) is 5.31. The van der Waals surface area contributed by atoms with Crippen molar-refractivity contribution in [1.82, 2.24) is 25.0 Å². The van der Waals surface area contributed by atoms with Crippen LogP contribution in [0.1, 0.15) is 42.0 Å². The van der Waals surface area contributed by atoms with Crippen molar-refractivity contribution >= 4 is 22.9 Å². The third-order valence-electron chi connectivity index (χ3n) is 4.41. The first-order valence-electron chi connectivity index (χ1n) is 8.54. The van der Waals surface area contributed by atoms with Crippen molar-refractivity contribution in [3.8, 4) is 16.6 Å². The normalized spacial score (nSPS) is 18.7. The Kier molecular flexibility index (Phi) is 4.70. The van der Waals surface area contributed by atoms with Gasteiger partial charge in [-0.25, -0.2) is 4.98 Å². The molecule has 0 atom stereocenters. The number of aromatic nitrogens is 5. The molecule has 0 aromatic carbocycles. The average Bonchev–Trinajstić information content (AvgIpc) is 3.36. The minimum atomic E-state index is -0.377. The van der Waals surface area contributed by atoms with Crippen molar-refractivity contribution in [2.24, 2.45) is 0 Å². The fraction of sp³-hybridized carbons (Fsp3) is 0.353. The lowest BCUT2D eigenvalue weighted by Crippen LogP contribution is -2.33. The van der Waals surface area contributed by atoms with E-state index in [4.69, 9.17) is 4.74 Å². The second-order valence-electron chi connectivity index (χ2n) is 6.16. The summed E-state index contributed by atoms with van der Waals surface area (Å²) in [5.41, 5.74) is 1.68. The van der Waals surface area contributed by atoms with E-state index in [9.17, 15) is 10.1 Å². The summed E-state index contributed by atoms with van der Waals surface area (Å²) in [7, 11) is 0. The predicted octanol–water partition coefficient (Wildman–Crippen LogP) is 2.59. The summed E-state index contributed by atoms with van der Waals surface area (Å²) in [5, 5.41) is 25.3. The zero-order valence-electron chi connectivity index (χ0n) is 14.5. The zero-order valence-corrected chi connectivity index (χ0v) is 15.4. The number of ether oxygens (including phenoxy) is 1.